The van der Waals surface area contributed by atoms with Gasteiger partial charge in [-0.15, -0.1) is 0 Å². The molecule has 0 aliphatic carbocycles. The van der Waals surface area contributed by atoms with Crippen molar-refractivity contribution >= 4 is 11.0 Å². The highest BCUT2D eigenvalue weighted by molar-refractivity contribution is 5.83. The van der Waals surface area contributed by atoms with Crippen molar-refractivity contribution in [3.05, 3.63) is 58.4 Å². The van der Waals surface area contributed by atoms with Crippen molar-refractivity contribution in [2.75, 3.05) is 7.11 Å². The van der Waals surface area contributed by atoms with Gasteiger partial charge in [0.15, 0.2) is 0 Å². The molecule has 0 aliphatic heterocycles. The quantitative estimate of drug-likeness (QED) is 0.781. The molecule has 0 bridgehead atoms. The Bertz CT molecular complexity index is 860. The molecule has 0 fully saturated rings. The number of aryl methyl sites for hydroxylation is 1. The Labute approximate surface area is 121 Å². The first-order valence-electron chi connectivity index (χ1n) is 6.49. The molecule has 0 unspecified atom stereocenters. The molecule has 3 aromatic rings. The zero-order valence-electron chi connectivity index (χ0n) is 11.7. The number of rotatable bonds is 2. The number of methoxy groups -OCH3 is 1. The van der Waals surface area contributed by atoms with Gasteiger partial charge in [-0.05, 0) is 42.3 Å². The van der Waals surface area contributed by atoms with Crippen molar-refractivity contribution in [2.24, 2.45) is 0 Å². The predicted molar refractivity (Wildman–Crippen MR) is 80.9 cm³/mol. The molecular weight excluding hydrogens is 268 g/mol. The first-order chi connectivity index (χ1) is 10.1. The summed E-state index contributed by atoms with van der Waals surface area (Å²) in [6.45, 7) is 1.89. The number of benzene rings is 2. The van der Waals surface area contributed by atoms with Crippen molar-refractivity contribution in [2.45, 2.75) is 6.92 Å². The fraction of sp³-hybridized carbons (Fsp3) is 0.118. The SMILES string of the molecule is COc1cc2c(=O)c(-c3ccc(O)cc3)coc2cc1C. The van der Waals surface area contributed by atoms with Gasteiger partial charge in [0.05, 0.1) is 18.1 Å². The minimum absolute atomic E-state index is 0.125. The van der Waals surface area contributed by atoms with Crippen LogP contribution in [0, 0.1) is 6.92 Å². The normalized spacial score (nSPS) is 10.8. The van der Waals surface area contributed by atoms with Crippen LogP contribution in [-0.2, 0) is 0 Å². The summed E-state index contributed by atoms with van der Waals surface area (Å²) in [5, 5.41) is 9.80. The van der Waals surface area contributed by atoms with E-state index >= 15 is 0 Å². The summed E-state index contributed by atoms with van der Waals surface area (Å²) in [7, 11) is 1.57. The van der Waals surface area contributed by atoms with Gasteiger partial charge in [-0.2, -0.15) is 0 Å². The van der Waals surface area contributed by atoms with Crippen LogP contribution in [0.5, 0.6) is 11.5 Å². The van der Waals surface area contributed by atoms with Crippen LogP contribution in [0.3, 0.4) is 0 Å². The Hall–Kier alpha value is -2.75. The number of phenolic OH excluding ortho intramolecular Hbond substituents is 1. The molecule has 0 radical (unpaired) electrons. The van der Waals surface area contributed by atoms with Crippen LogP contribution in [0.2, 0.25) is 0 Å². The second kappa shape index (κ2) is 4.98. The smallest absolute Gasteiger partial charge is 0.200 e. The molecule has 2 aromatic carbocycles. The molecule has 0 saturated heterocycles. The van der Waals surface area contributed by atoms with Crippen LogP contribution in [0.15, 0.2) is 51.9 Å². The maximum Gasteiger partial charge on any atom is 0.200 e. The first kappa shape index (κ1) is 13.2. The van der Waals surface area contributed by atoms with Crippen LogP contribution in [-0.4, -0.2) is 12.2 Å². The predicted octanol–water partition coefficient (Wildman–Crippen LogP) is 3.48. The van der Waals surface area contributed by atoms with Gasteiger partial charge in [-0.25, -0.2) is 0 Å². The summed E-state index contributed by atoms with van der Waals surface area (Å²) in [6.07, 6.45) is 1.45. The van der Waals surface area contributed by atoms with Gasteiger partial charge in [-0.3, -0.25) is 4.79 Å². The van der Waals surface area contributed by atoms with E-state index in [4.69, 9.17) is 9.15 Å². The number of phenols is 1. The van der Waals surface area contributed by atoms with Crippen LogP contribution >= 0.6 is 0 Å². The van der Waals surface area contributed by atoms with E-state index in [0.29, 0.717) is 27.8 Å². The van der Waals surface area contributed by atoms with Crippen molar-refractivity contribution < 1.29 is 14.3 Å². The van der Waals surface area contributed by atoms with Crippen LogP contribution in [0.4, 0.5) is 0 Å². The molecule has 21 heavy (non-hydrogen) atoms. The van der Waals surface area contributed by atoms with E-state index in [1.54, 1.807) is 31.4 Å². The Morgan fingerprint density at radius 2 is 1.86 bits per heavy atom. The minimum atomic E-state index is -0.125. The maximum absolute atomic E-state index is 12.6. The van der Waals surface area contributed by atoms with Gasteiger partial charge >= 0.3 is 0 Å². The van der Waals surface area contributed by atoms with Crippen molar-refractivity contribution in [1.29, 1.82) is 0 Å². The van der Waals surface area contributed by atoms with E-state index in [9.17, 15) is 9.90 Å². The fourth-order valence-electron chi connectivity index (χ4n) is 2.32. The second-order valence-electron chi connectivity index (χ2n) is 4.84. The molecule has 0 spiro atoms. The minimum Gasteiger partial charge on any atom is -0.508 e. The molecular formula is C17H14O4. The van der Waals surface area contributed by atoms with E-state index in [1.165, 1.54) is 18.4 Å². The van der Waals surface area contributed by atoms with Crippen molar-refractivity contribution in [3.8, 4) is 22.6 Å². The van der Waals surface area contributed by atoms with Crippen LogP contribution < -0.4 is 10.2 Å². The standard InChI is InChI=1S/C17H14O4/c1-10-7-16-13(8-15(10)20-2)17(19)14(9-21-16)11-3-5-12(18)6-4-11/h3-9,18H,1-2H3. The second-order valence-corrected chi connectivity index (χ2v) is 4.84. The van der Waals surface area contributed by atoms with Crippen LogP contribution in [0.25, 0.3) is 22.1 Å². The highest BCUT2D eigenvalue weighted by atomic mass is 16.5. The largest absolute Gasteiger partial charge is 0.508 e. The zero-order valence-corrected chi connectivity index (χ0v) is 11.7. The van der Waals surface area contributed by atoms with E-state index in [0.717, 1.165) is 5.56 Å². The van der Waals surface area contributed by atoms with Gasteiger partial charge < -0.3 is 14.3 Å². The van der Waals surface area contributed by atoms with Crippen LogP contribution in [0.1, 0.15) is 5.56 Å². The first-order valence-corrected chi connectivity index (χ1v) is 6.49. The Balaban J connectivity index is 2.26. The van der Waals surface area contributed by atoms with E-state index in [-0.39, 0.29) is 11.2 Å². The molecule has 4 heteroatoms. The number of fused-ring (bicyclic) bond motifs is 1. The lowest BCUT2D eigenvalue weighted by molar-refractivity contribution is 0.412. The molecule has 106 valence electrons. The monoisotopic (exact) mass is 282 g/mol. The molecule has 1 heterocycles. The average molecular weight is 282 g/mol. The Morgan fingerprint density at radius 3 is 2.52 bits per heavy atom. The lowest BCUT2D eigenvalue weighted by Crippen LogP contribution is -2.05. The number of hydrogen-bond donors (Lipinski definition) is 1. The van der Waals surface area contributed by atoms with Gasteiger partial charge in [0, 0.05) is 0 Å². The molecule has 0 atom stereocenters. The topological polar surface area (TPSA) is 59.7 Å². The zero-order chi connectivity index (χ0) is 15.0. The number of ether oxygens (including phenoxy) is 1. The van der Waals surface area contributed by atoms with E-state index in [1.807, 2.05) is 6.92 Å². The number of hydrogen-bond acceptors (Lipinski definition) is 4. The molecule has 3 rings (SSSR count). The summed E-state index contributed by atoms with van der Waals surface area (Å²) >= 11 is 0. The molecule has 1 aromatic heterocycles. The van der Waals surface area contributed by atoms with Gasteiger partial charge in [-0.1, -0.05) is 12.1 Å². The lowest BCUT2D eigenvalue weighted by atomic mass is 10.0. The third-order valence-electron chi connectivity index (χ3n) is 3.47. The van der Waals surface area contributed by atoms with Crippen molar-refractivity contribution in [3.63, 3.8) is 0 Å². The summed E-state index contributed by atoms with van der Waals surface area (Å²) in [5.74, 6) is 0.805. The maximum atomic E-state index is 12.6. The van der Waals surface area contributed by atoms with Gasteiger partial charge in [0.1, 0.15) is 23.3 Å². The van der Waals surface area contributed by atoms with E-state index in [2.05, 4.69) is 0 Å². The molecule has 4 nitrogen and oxygen atoms in total. The summed E-state index contributed by atoms with van der Waals surface area (Å²) in [4.78, 5) is 12.6. The molecule has 0 amide bonds. The Kier molecular flexibility index (Phi) is 3.14. The third kappa shape index (κ3) is 2.25. The average Bonchev–Trinajstić information content (AvgIpc) is 2.48. The highest BCUT2D eigenvalue weighted by Gasteiger charge is 2.11. The third-order valence-corrected chi connectivity index (χ3v) is 3.47. The van der Waals surface area contributed by atoms with Gasteiger partial charge in [0.25, 0.3) is 0 Å². The summed E-state index contributed by atoms with van der Waals surface area (Å²) in [6, 6.07) is 9.91. The molecule has 0 aliphatic rings. The highest BCUT2D eigenvalue weighted by Crippen LogP contribution is 2.26. The summed E-state index contributed by atoms with van der Waals surface area (Å²) < 4.78 is 10.8. The Morgan fingerprint density at radius 1 is 1.14 bits per heavy atom. The van der Waals surface area contributed by atoms with E-state index < -0.39 is 0 Å². The lowest BCUT2D eigenvalue weighted by Gasteiger charge is -2.07. The number of aromatic hydroxyl groups is 1. The molecule has 1 N–H and O–H groups in total. The summed E-state index contributed by atoms with van der Waals surface area (Å²) in [5.41, 5.74) is 2.46. The molecule has 0 saturated carbocycles. The van der Waals surface area contributed by atoms with Crippen molar-refractivity contribution in [1.82, 2.24) is 0 Å². The van der Waals surface area contributed by atoms with Gasteiger partial charge in [0.2, 0.25) is 5.43 Å². The fourth-order valence-corrected chi connectivity index (χ4v) is 2.32.